The largest absolute Gasteiger partial charge is 0.493 e. The van der Waals surface area contributed by atoms with Gasteiger partial charge in [-0.1, -0.05) is 44.0 Å². The molecule has 0 spiro atoms. The summed E-state index contributed by atoms with van der Waals surface area (Å²) in [5, 5.41) is 5.72. The molecular weight excluding hydrogens is 622 g/mol. The summed E-state index contributed by atoms with van der Waals surface area (Å²) in [7, 11) is 2.74. The minimum Gasteiger partial charge on any atom is -0.493 e. The van der Waals surface area contributed by atoms with Crippen molar-refractivity contribution >= 4 is 65.9 Å². The maximum atomic E-state index is 13.6. The van der Waals surface area contributed by atoms with Crippen LogP contribution in [0, 0.1) is 0 Å². The standard InChI is InChI=1S/C27H19Br2N3O6/c1-35-22-12-18(29)10-16(25(22)37-14-24(33)36-2)13-30-32-26(31-20-6-4-3-5-19(20)27(32)34)23-11-15-9-17(28)7-8-21(15)38-23/h3-13H,14H2,1-2H3. The third kappa shape index (κ3) is 5.07. The lowest BCUT2D eigenvalue weighted by molar-refractivity contribution is -0.142. The zero-order chi connectivity index (χ0) is 26.8. The van der Waals surface area contributed by atoms with E-state index in [2.05, 4.69) is 41.7 Å². The van der Waals surface area contributed by atoms with Crippen LogP contribution in [-0.4, -0.2) is 42.7 Å². The van der Waals surface area contributed by atoms with Gasteiger partial charge in [0, 0.05) is 19.9 Å². The number of methoxy groups -OCH3 is 2. The lowest BCUT2D eigenvalue weighted by Crippen LogP contribution is -2.20. The number of hydrogen-bond donors (Lipinski definition) is 0. The summed E-state index contributed by atoms with van der Waals surface area (Å²) in [6.07, 6.45) is 1.43. The van der Waals surface area contributed by atoms with Crippen LogP contribution in [0.3, 0.4) is 0 Å². The Hall–Kier alpha value is -3.96. The Labute approximate surface area is 232 Å². The maximum Gasteiger partial charge on any atom is 0.343 e. The van der Waals surface area contributed by atoms with E-state index in [0.717, 1.165) is 9.86 Å². The summed E-state index contributed by atoms with van der Waals surface area (Å²) in [6, 6.07) is 17.8. The number of fused-ring (bicyclic) bond motifs is 2. The molecule has 0 unspecified atom stereocenters. The van der Waals surface area contributed by atoms with E-state index in [9.17, 15) is 9.59 Å². The van der Waals surface area contributed by atoms with E-state index in [1.165, 1.54) is 25.1 Å². The minimum absolute atomic E-state index is 0.219. The van der Waals surface area contributed by atoms with Gasteiger partial charge in [0.2, 0.25) is 5.82 Å². The van der Waals surface area contributed by atoms with Crippen LogP contribution in [0.25, 0.3) is 33.5 Å². The monoisotopic (exact) mass is 639 g/mol. The summed E-state index contributed by atoms with van der Waals surface area (Å²) in [5.74, 6) is 0.633. The zero-order valence-electron chi connectivity index (χ0n) is 20.1. The molecule has 2 aromatic heterocycles. The third-order valence-electron chi connectivity index (χ3n) is 5.60. The summed E-state index contributed by atoms with van der Waals surface area (Å²) < 4.78 is 24.6. The van der Waals surface area contributed by atoms with Crippen molar-refractivity contribution in [1.29, 1.82) is 0 Å². The molecule has 0 fully saturated rings. The van der Waals surface area contributed by atoms with Crippen molar-refractivity contribution in [1.82, 2.24) is 9.66 Å². The highest BCUT2D eigenvalue weighted by molar-refractivity contribution is 9.10. The van der Waals surface area contributed by atoms with Gasteiger partial charge in [0.05, 0.1) is 31.3 Å². The molecule has 0 aliphatic rings. The Bertz CT molecular complexity index is 1780. The van der Waals surface area contributed by atoms with Crippen molar-refractivity contribution in [3.05, 3.63) is 85.5 Å². The minimum atomic E-state index is -0.563. The van der Waals surface area contributed by atoms with Gasteiger partial charge < -0.3 is 18.6 Å². The first-order chi connectivity index (χ1) is 18.4. The lowest BCUT2D eigenvalue weighted by atomic mass is 10.2. The molecule has 0 atom stereocenters. The van der Waals surface area contributed by atoms with E-state index in [1.807, 2.05) is 18.2 Å². The summed E-state index contributed by atoms with van der Waals surface area (Å²) in [5.41, 5.74) is 1.20. The van der Waals surface area contributed by atoms with E-state index in [0.29, 0.717) is 38.0 Å². The Kier molecular flexibility index (Phi) is 7.30. The molecule has 192 valence electrons. The van der Waals surface area contributed by atoms with Crippen LogP contribution in [0.5, 0.6) is 11.5 Å². The highest BCUT2D eigenvalue weighted by Gasteiger charge is 2.18. The number of para-hydroxylation sites is 1. The second kappa shape index (κ2) is 10.8. The van der Waals surface area contributed by atoms with Crippen LogP contribution < -0.4 is 15.0 Å². The van der Waals surface area contributed by atoms with E-state index >= 15 is 0 Å². The van der Waals surface area contributed by atoms with Crippen molar-refractivity contribution in [2.45, 2.75) is 0 Å². The maximum absolute atomic E-state index is 13.6. The van der Waals surface area contributed by atoms with Gasteiger partial charge in [-0.15, -0.1) is 0 Å². The van der Waals surface area contributed by atoms with E-state index < -0.39 is 5.97 Å². The molecule has 9 nitrogen and oxygen atoms in total. The quantitative estimate of drug-likeness (QED) is 0.164. The molecule has 0 bridgehead atoms. The van der Waals surface area contributed by atoms with Crippen LogP contribution in [0.2, 0.25) is 0 Å². The molecule has 0 radical (unpaired) electrons. The number of esters is 1. The first-order valence-electron chi connectivity index (χ1n) is 11.2. The van der Waals surface area contributed by atoms with Gasteiger partial charge in [0.15, 0.2) is 23.9 Å². The van der Waals surface area contributed by atoms with Crippen molar-refractivity contribution in [2.75, 3.05) is 20.8 Å². The number of furan rings is 1. The highest BCUT2D eigenvalue weighted by atomic mass is 79.9. The number of ether oxygens (including phenoxy) is 3. The summed E-state index contributed by atoms with van der Waals surface area (Å²) in [6.45, 7) is -0.341. The second-order valence-corrected chi connectivity index (χ2v) is 9.83. The predicted octanol–water partition coefficient (Wildman–Crippen LogP) is 5.78. The van der Waals surface area contributed by atoms with Gasteiger partial charge >= 0.3 is 5.97 Å². The van der Waals surface area contributed by atoms with Crippen molar-refractivity contribution in [2.24, 2.45) is 5.10 Å². The Morgan fingerprint density at radius 2 is 1.89 bits per heavy atom. The Morgan fingerprint density at radius 3 is 2.68 bits per heavy atom. The lowest BCUT2D eigenvalue weighted by Gasteiger charge is -2.13. The second-order valence-electron chi connectivity index (χ2n) is 8.00. The number of carbonyl (C=O) groups excluding carboxylic acids is 1. The number of nitrogens with zero attached hydrogens (tertiary/aromatic N) is 3. The fourth-order valence-corrected chi connectivity index (χ4v) is 4.65. The molecule has 3 aromatic carbocycles. The van der Waals surface area contributed by atoms with E-state index in [-0.39, 0.29) is 23.7 Å². The normalized spacial score (nSPS) is 11.4. The number of halogens is 2. The topological polar surface area (TPSA) is 105 Å². The van der Waals surface area contributed by atoms with Crippen molar-refractivity contribution in [3.8, 4) is 23.1 Å². The summed E-state index contributed by atoms with van der Waals surface area (Å²) in [4.78, 5) is 30.0. The SMILES string of the molecule is COC(=O)COc1c(C=Nn2c(-c3cc4cc(Br)ccc4o3)nc3ccccc3c2=O)cc(Br)cc1OC. The molecule has 0 aliphatic carbocycles. The predicted molar refractivity (Wildman–Crippen MR) is 150 cm³/mol. The molecule has 0 saturated heterocycles. The molecule has 5 aromatic rings. The molecule has 11 heteroatoms. The van der Waals surface area contributed by atoms with E-state index in [4.69, 9.17) is 18.9 Å². The molecule has 2 heterocycles. The van der Waals surface area contributed by atoms with E-state index in [1.54, 1.807) is 42.5 Å². The molecule has 0 amide bonds. The smallest absolute Gasteiger partial charge is 0.343 e. The third-order valence-corrected chi connectivity index (χ3v) is 6.55. The first-order valence-corrected chi connectivity index (χ1v) is 12.8. The number of hydrogen-bond acceptors (Lipinski definition) is 8. The fourth-order valence-electron chi connectivity index (χ4n) is 3.82. The van der Waals surface area contributed by atoms with Crippen molar-refractivity contribution < 1.29 is 23.4 Å². The number of rotatable bonds is 7. The molecule has 5 rings (SSSR count). The van der Waals surface area contributed by atoms with Crippen LogP contribution in [-0.2, 0) is 9.53 Å². The van der Waals surface area contributed by atoms with Gasteiger partial charge in [0.1, 0.15) is 5.58 Å². The Morgan fingerprint density at radius 1 is 1.08 bits per heavy atom. The molecule has 38 heavy (non-hydrogen) atoms. The number of benzene rings is 3. The highest BCUT2D eigenvalue weighted by Crippen LogP contribution is 2.34. The Balaban J connectivity index is 1.68. The average Bonchev–Trinajstić information content (AvgIpc) is 3.34. The average molecular weight is 641 g/mol. The molecule has 0 N–H and O–H groups in total. The zero-order valence-corrected chi connectivity index (χ0v) is 23.3. The van der Waals surface area contributed by atoms with Crippen LogP contribution in [0.4, 0.5) is 0 Å². The summed E-state index contributed by atoms with van der Waals surface area (Å²) >= 11 is 6.91. The molecule has 0 saturated carbocycles. The van der Waals surface area contributed by atoms with Crippen LogP contribution in [0.1, 0.15) is 5.56 Å². The van der Waals surface area contributed by atoms with Gasteiger partial charge in [-0.05, 0) is 48.5 Å². The van der Waals surface area contributed by atoms with Gasteiger partial charge in [-0.25, -0.2) is 9.78 Å². The first kappa shape index (κ1) is 25.7. The van der Waals surface area contributed by atoms with Gasteiger partial charge in [-0.2, -0.15) is 9.78 Å². The van der Waals surface area contributed by atoms with Gasteiger partial charge in [0.25, 0.3) is 5.56 Å². The number of carbonyl (C=O) groups is 1. The van der Waals surface area contributed by atoms with Crippen LogP contribution in [0.15, 0.2) is 83.9 Å². The number of aromatic nitrogens is 2. The van der Waals surface area contributed by atoms with Gasteiger partial charge in [-0.3, -0.25) is 4.79 Å². The molecule has 0 aliphatic heterocycles. The van der Waals surface area contributed by atoms with Crippen LogP contribution >= 0.6 is 31.9 Å². The fraction of sp³-hybridized carbons (Fsp3) is 0.111. The van der Waals surface area contributed by atoms with Crippen molar-refractivity contribution in [3.63, 3.8) is 0 Å². The molecular formula is C27H19Br2N3O6.